The topological polar surface area (TPSA) is 97.5 Å². The van der Waals surface area contributed by atoms with E-state index in [1.165, 1.54) is 6.20 Å². The molecule has 0 saturated carbocycles. The Labute approximate surface area is 109 Å². The van der Waals surface area contributed by atoms with E-state index in [1.807, 2.05) is 6.92 Å². The highest BCUT2D eigenvalue weighted by Gasteiger charge is 2.32. The number of rotatable bonds is 4. The van der Waals surface area contributed by atoms with Crippen LogP contribution in [0.3, 0.4) is 0 Å². The van der Waals surface area contributed by atoms with Gasteiger partial charge < -0.3 is 14.7 Å². The van der Waals surface area contributed by atoms with E-state index in [0.717, 1.165) is 11.1 Å². The molecule has 2 atom stereocenters. The van der Waals surface area contributed by atoms with Gasteiger partial charge in [0.15, 0.2) is 5.69 Å². The summed E-state index contributed by atoms with van der Waals surface area (Å²) >= 11 is 0. The minimum atomic E-state index is -1.03. The van der Waals surface area contributed by atoms with Crippen LogP contribution in [0.1, 0.15) is 23.8 Å². The van der Waals surface area contributed by atoms with Gasteiger partial charge in [-0.05, 0) is 13.3 Å². The molecule has 2 heterocycles. The molecule has 1 saturated heterocycles. The highest BCUT2D eigenvalue weighted by Crippen LogP contribution is 2.19. The number of carboxylic acid groups (broad SMARTS) is 1. The van der Waals surface area contributed by atoms with Gasteiger partial charge in [0, 0.05) is 13.7 Å². The lowest BCUT2D eigenvalue weighted by Gasteiger charge is -2.25. The van der Waals surface area contributed by atoms with E-state index < -0.39 is 5.97 Å². The molecule has 1 aromatic rings. The number of likely N-dealkylation sites (N-methyl/N-ethyl adjacent to an activating group) is 1. The van der Waals surface area contributed by atoms with Crippen LogP contribution in [0.2, 0.25) is 0 Å². The zero-order chi connectivity index (χ0) is 14.0. The smallest absolute Gasteiger partial charge is 0.325 e. The second-order valence-corrected chi connectivity index (χ2v) is 4.54. The molecule has 2 rings (SSSR count). The van der Waals surface area contributed by atoms with Crippen LogP contribution in [0.5, 0.6) is 0 Å². The second kappa shape index (κ2) is 5.35. The molecule has 19 heavy (non-hydrogen) atoms. The van der Waals surface area contributed by atoms with Crippen molar-refractivity contribution in [2.24, 2.45) is 0 Å². The lowest BCUT2D eigenvalue weighted by atomic mass is 10.1. The Morgan fingerprint density at radius 1 is 1.63 bits per heavy atom. The largest absolute Gasteiger partial charge is 0.480 e. The van der Waals surface area contributed by atoms with Crippen molar-refractivity contribution in [3.8, 4) is 0 Å². The number of ether oxygens (including phenoxy) is 1. The summed E-state index contributed by atoms with van der Waals surface area (Å²) in [5.74, 6) is -1.31. The number of aliphatic carboxylic acids is 1. The second-order valence-electron chi connectivity index (χ2n) is 4.54. The molecule has 0 aromatic carbocycles. The summed E-state index contributed by atoms with van der Waals surface area (Å²) in [6, 6.07) is 0.0112. The summed E-state index contributed by atoms with van der Waals surface area (Å²) in [4.78, 5) is 24.3. The minimum Gasteiger partial charge on any atom is -0.480 e. The van der Waals surface area contributed by atoms with E-state index in [9.17, 15) is 9.59 Å². The first kappa shape index (κ1) is 13.5. The molecule has 0 bridgehead atoms. The third-order valence-corrected chi connectivity index (χ3v) is 3.21. The molecule has 1 fully saturated rings. The number of nitrogens with zero attached hydrogens (tertiary/aromatic N) is 4. The average Bonchev–Trinajstić information content (AvgIpc) is 2.95. The van der Waals surface area contributed by atoms with Gasteiger partial charge in [-0.25, -0.2) is 4.68 Å². The van der Waals surface area contributed by atoms with Crippen LogP contribution in [0.15, 0.2) is 6.20 Å². The Balaban J connectivity index is 2.06. The Hall–Kier alpha value is -1.96. The molecule has 8 nitrogen and oxygen atoms in total. The summed E-state index contributed by atoms with van der Waals surface area (Å²) < 4.78 is 6.54. The lowest BCUT2D eigenvalue weighted by Crippen LogP contribution is -2.41. The normalized spacial score (nSPS) is 22.4. The van der Waals surface area contributed by atoms with Crippen LogP contribution in [0, 0.1) is 0 Å². The SMILES string of the molecule is CC1OCCC1N(C)C(=O)c1cn(CC(=O)O)nn1. The number of hydrogen-bond donors (Lipinski definition) is 1. The maximum Gasteiger partial charge on any atom is 0.325 e. The van der Waals surface area contributed by atoms with Crippen LogP contribution in [-0.4, -0.2) is 62.7 Å². The fourth-order valence-electron chi connectivity index (χ4n) is 2.17. The fraction of sp³-hybridized carbons (Fsp3) is 0.636. The molecule has 2 unspecified atom stereocenters. The highest BCUT2D eigenvalue weighted by molar-refractivity contribution is 5.92. The van der Waals surface area contributed by atoms with E-state index >= 15 is 0 Å². The van der Waals surface area contributed by atoms with Crippen LogP contribution in [0.25, 0.3) is 0 Å². The first-order valence-corrected chi connectivity index (χ1v) is 5.99. The number of carboxylic acids is 1. The molecule has 1 aliphatic heterocycles. The summed E-state index contributed by atoms with van der Waals surface area (Å²) in [6.45, 7) is 2.24. The monoisotopic (exact) mass is 268 g/mol. The van der Waals surface area contributed by atoms with Crippen LogP contribution < -0.4 is 0 Å². The van der Waals surface area contributed by atoms with Gasteiger partial charge in [0.25, 0.3) is 5.91 Å². The van der Waals surface area contributed by atoms with Crippen molar-refractivity contribution in [2.75, 3.05) is 13.7 Å². The first-order valence-electron chi connectivity index (χ1n) is 5.99. The molecule has 8 heteroatoms. The quantitative estimate of drug-likeness (QED) is 0.798. The molecule has 1 amide bonds. The van der Waals surface area contributed by atoms with Crippen molar-refractivity contribution in [2.45, 2.75) is 32.0 Å². The zero-order valence-corrected chi connectivity index (χ0v) is 10.8. The van der Waals surface area contributed by atoms with E-state index in [2.05, 4.69) is 10.3 Å². The third kappa shape index (κ3) is 2.90. The third-order valence-electron chi connectivity index (χ3n) is 3.21. The zero-order valence-electron chi connectivity index (χ0n) is 10.8. The first-order chi connectivity index (χ1) is 8.99. The van der Waals surface area contributed by atoms with Gasteiger partial charge in [-0.3, -0.25) is 9.59 Å². The van der Waals surface area contributed by atoms with Crippen molar-refractivity contribution in [3.05, 3.63) is 11.9 Å². The van der Waals surface area contributed by atoms with Crippen molar-refractivity contribution >= 4 is 11.9 Å². The maximum absolute atomic E-state index is 12.2. The van der Waals surface area contributed by atoms with Gasteiger partial charge in [-0.2, -0.15) is 0 Å². The summed E-state index contributed by atoms with van der Waals surface area (Å²) in [5, 5.41) is 15.9. The summed E-state index contributed by atoms with van der Waals surface area (Å²) in [5.41, 5.74) is 0.142. The van der Waals surface area contributed by atoms with Gasteiger partial charge in [-0.15, -0.1) is 5.10 Å². The molecule has 1 aliphatic rings. The molecular formula is C11H16N4O4. The Kier molecular flexibility index (Phi) is 3.79. The van der Waals surface area contributed by atoms with E-state index in [4.69, 9.17) is 9.84 Å². The molecule has 0 spiro atoms. The summed E-state index contributed by atoms with van der Waals surface area (Å²) in [6.07, 6.45) is 2.11. The van der Waals surface area contributed by atoms with Gasteiger partial charge in [-0.1, -0.05) is 5.21 Å². The van der Waals surface area contributed by atoms with Gasteiger partial charge in [0.1, 0.15) is 6.54 Å². The molecule has 104 valence electrons. The van der Waals surface area contributed by atoms with Crippen molar-refractivity contribution < 1.29 is 19.4 Å². The number of amides is 1. The summed E-state index contributed by atoms with van der Waals surface area (Å²) in [7, 11) is 1.69. The number of hydrogen-bond acceptors (Lipinski definition) is 5. The van der Waals surface area contributed by atoms with Gasteiger partial charge in [0.05, 0.1) is 18.3 Å². The fourth-order valence-corrected chi connectivity index (χ4v) is 2.17. The van der Waals surface area contributed by atoms with Crippen LogP contribution >= 0.6 is 0 Å². The Bertz CT molecular complexity index is 487. The minimum absolute atomic E-state index is 0.0111. The number of carbonyl (C=O) groups is 2. The van der Waals surface area contributed by atoms with Crippen LogP contribution in [-0.2, 0) is 16.1 Å². The number of aromatic nitrogens is 3. The van der Waals surface area contributed by atoms with Crippen molar-refractivity contribution in [3.63, 3.8) is 0 Å². The molecular weight excluding hydrogens is 252 g/mol. The van der Waals surface area contributed by atoms with Gasteiger partial charge >= 0.3 is 5.97 Å². The van der Waals surface area contributed by atoms with Gasteiger partial charge in [0.2, 0.25) is 0 Å². The molecule has 1 aromatic heterocycles. The Morgan fingerprint density at radius 3 is 2.95 bits per heavy atom. The van der Waals surface area contributed by atoms with Crippen molar-refractivity contribution in [1.82, 2.24) is 19.9 Å². The molecule has 0 aliphatic carbocycles. The van der Waals surface area contributed by atoms with E-state index in [1.54, 1.807) is 11.9 Å². The molecule has 1 N–H and O–H groups in total. The average molecular weight is 268 g/mol. The van der Waals surface area contributed by atoms with Crippen molar-refractivity contribution in [1.29, 1.82) is 0 Å². The predicted octanol–water partition coefficient (Wildman–Crippen LogP) is -0.388. The Morgan fingerprint density at radius 2 is 2.37 bits per heavy atom. The van der Waals surface area contributed by atoms with Crippen LogP contribution in [0.4, 0.5) is 0 Å². The van der Waals surface area contributed by atoms with E-state index in [-0.39, 0.29) is 30.3 Å². The highest BCUT2D eigenvalue weighted by atomic mass is 16.5. The van der Waals surface area contributed by atoms with E-state index in [0.29, 0.717) is 6.61 Å². The predicted molar refractivity (Wildman–Crippen MR) is 63.6 cm³/mol. The standard InChI is InChI=1S/C11H16N4O4/c1-7-9(3-4-19-7)14(2)11(18)8-5-15(13-12-8)6-10(16)17/h5,7,9H,3-4,6H2,1-2H3,(H,16,17). The molecule has 0 radical (unpaired) electrons. The number of carbonyl (C=O) groups excluding carboxylic acids is 1. The lowest BCUT2D eigenvalue weighted by molar-refractivity contribution is -0.137. The maximum atomic E-state index is 12.2.